The monoisotopic (exact) mass is 236 g/mol. The van der Waals surface area contributed by atoms with Gasteiger partial charge in [-0.1, -0.05) is 0 Å². The second kappa shape index (κ2) is 5.64. The Kier molecular flexibility index (Phi) is 4.21. The molecule has 17 heavy (non-hydrogen) atoms. The maximum atomic E-state index is 10.5. The number of aromatic nitrogens is 6. The molecule has 0 aliphatic heterocycles. The Hall–Kier alpha value is -2.38. The highest BCUT2D eigenvalue weighted by molar-refractivity contribution is 4.84. The first-order chi connectivity index (χ1) is 7.97. The molecule has 0 aliphatic rings. The van der Waals surface area contributed by atoms with Crippen LogP contribution in [0, 0.1) is 20.8 Å². The lowest BCUT2D eigenvalue weighted by molar-refractivity contribution is 0.879. The van der Waals surface area contributed by atoms with Gasteiger partial charge in [0.2, 0.25) is 0 Å². The van der Waals surface area contributed by atoms with Crippen molar-refractivity contribution >= 4 is 0 Å². The van der Waals surface area contributed by atoms with Gasteiger partial charge in [0, 0.05) is 0 Å². The van der Waals surface area contributed by atoms with Crippen LogP contribution in [-0.4, -0.2) is 29.9 Å². The Morgan fingerprint density at radius 2 is 1.53 bits per heavy atom. The topological polar surface area (TPSA) is 117 Å². The van der Waals surface area contributed by atoms with E-state index in [1.54, 1.807) is 20.8 Å². The third kappa shape index (κ3) is 4.78. The van der Waals surface area contributed by atoms with Gasteiger partial charge in [-0.25, -0.2) is 19.6 Å². The zero-order valence-corrected chi connectivity index (χ0v) is 9.68. The predicted octanol–water partition coefficient (Wildman–Crippen LogP) is -0.745. The van der Waals surface area contributed by atoms with Crippen LogP contribution in [0.5, 0.6) is 0 Å². The molecule has 0 saturated heterocycles. The average Bonchev–Trinajstić information content (AvgIpc) is 2.15. The molecule has 2 N–H and O–H groups in total. The maximum absolute atomic E-state index is 10.5. The van der Waals surface area contributed by atoms with E-state index in [-0.39, 0.29) is 11.4 Å². The Bertz CT molecular complexity index is 579. The number of aryl methyl sites for hydroxylation is 3. The zero-order valence-electron chi connectivity index (χ0n) is 9.68. The van der Waals surface area contributed by atoms with Gasteiger partial charge in [0.05, 0.1) is 0 Å². The van der Waals surface area contributed by atoms with Crippen molar-refractivity contribution in [2.75, 3.05) is 0 Å². The fourth-order valence-electron chi connectivity index (χ4n) is 1.01. The Morgan fingerprint density at radius 3 is 1.94 bits per heavy atom. The molecule has 8 heteroatoms. The molecule has 0 atom stereocenters. The van der Waals surface area contributed by atoms with Crippen LogP contribution in [0.3, 0.4) is 0 Å². The van der Waals surface area contributed by atoms with Gasteiger partial charge in [-0.05, 0) is 20.8 Å². The number of nitrogens with one attached hydrogen (secondary N) is 2. The summed E-state index contributed by atoms with van der Waals surface area (Å²) in [6.07, 6.45) is 1.23. The van der Waals surface area contributed by atoms with Gasteiger partial charge in [-0.15, -0.1) is 0 Å². The van der Waals surface area contributed by atoms with E-state index < -0.39 is 0 Å². The second-order valence-corrected chi connectivity index (χ2v) is 3.18. The number of rotatable bonds is 0. The van der Waals surface area contributed by atoms with Crippen LogP contribution in [0.15, 0.2) is 15.9 Å². The van der Waals surface area contributed by atoms with Crippen molar-refractivity contribution in [2.45, 2.75) is 20.8 Å². The van der Waals surface area contributed by atoms with Crippen LogP contribution >= 0.6 is 0 Å². The Labute approximate surface area is 96.2 Å². The molecule has 0 saturated carbocycles. The highest BCUT2D eigenvalue weighted by Gasteiger charge is 1.89. The molecule has 8 nitrogen and oxygen atoms in total. The fraction of sp³-hybridized carbons (Fsp3) is 0.333. The van der Waals surface area contributed by atoms with Gasteiger partial charge in [0.1, 0.15) is 23.8 Å². The van der Waals surface area contributed by atoms with Crippen LogP contribution in [0.25, 0.3) is 0 Å². The van der Waals surface area contributed by atoms with Gasteiger partial charge in [-0.2, -0.15) is 9.97 Å². The van der Waals surface area contributed by atoms with Crippen molar-refractivity contribution in [1.29, 1.82) is 0 Å². The molecule has 0 aromatic carbocycles. The average molecular weight is 236 g/mol. The molecule has 0 aliphatic carbocycles. The van der Waals surface area contributed by atoms with E-state index in [4.69, 9.17) is 0 Å². The summed E-state index contributed by atoms with van der Waals surface area (Å²) in [7, 11) is 0. The number of aromatic amines is 2. The summed E-state index contributed by atoms with van der Waals surface area (Å²) in [5.74, 6) is 1.70. The summed E-state index contributed by atoms with van der Waals surface area (Å²) in [6, 6.07) is 0. The Balaban J connectivity index is 0.000000171. The first-order valence-electron chi connectivity index (χ1n) is 4.77. The number of hydrogen-bond donors (Lipinski definition) is 2. The second-order valence-electron chi connectivity index (χ2n) is 3.18. The molecule has 2 rings (SSSR count). The molecule has 0 unspecified atom stereocenters. The van der Waals surface area contributed by atoms with Crippen LogP contribution < -0.4 is 11.4 Å². The first kappa shape index (κ1) is 12.7. The lowest BCUT2D eigenvalue weighted by Crippen LogP contribution is -2.14. The van der Waals surface area contributed by atoms with Gasteiger partial charge < -0.3 is 0 Å². The van der Waals surface area contributed by atoms with Gasteiger partial charge in [0.25, 0.3) is 0 Å². The molecule has 2 aromatic heterocycles. The molecule has 0 amide bonds. The smallest absolute Gasteiger partial charge is 0.294 e. The lowest BCUT2D eigenvalue weighted by atomic mass is 10.6. The van der Waals surface area contributed by atoms with Gasteiger partial charge >= 0.3 is 11.4 Å². The Morgan fingerprint density at radius 1 is 0.882 bits per heavy atom. The van der Waals surface area contributed by atoms with Crippen molar-refractivity contribution in [2.24, 2.45) is 0 Å². The first-order valence-corrected chi connectivity index (χ1v) is 4.77. The molecule has 0 fully saturated rings. The van der Waals surface area contributed by atoms with E-state index in [1.165, 1.54) is 6.33 Å². The quantitative estimate of drug-likeness (QED) is 0.621. The normalized spacial score (nSPS) is 9.35. The van der Waals surface area contributed by atoms with Crippen LogP contribution in [-0.2, 0) is 0 Å². The van der Waals surface area contributed by atoms with Crippen LogP contribution in [0.2, 0.25) is 0 Å². The van der Waals surface area contributed by atoms with E-state index >= 15 is 0 Å². The number of nitrogens with zero attached hydrogens (tertiary/aromatic N) is 4. The minimum Gasteiger partial charge on any atom is -0.294 e. The van der Waals surface area contributed by atoms with E-state index in [0.29, 0.717) is 17.5 Å². The van der Waals surface area contributed by atoms with Crippen molar-refractivity contribution in [3.63, 3.8) is 0 Å². The van der Waals surface area contributed by atoms with Crippen molar-refractivity contribution in [3.05, 3.63) is 44.8 Å². The number of hydrogen-bond acceptors (Lipinski definition) is 6. The van der Waals surface area contributed by atoms with Crippen molar-refractivity contribution in [3.8, 4) is 0 Å². The summed E-state index contributed by atoms with van der Waals surface area (Å²) < 4.78 is 0. The zero-order chi connectivity index (χ0) is 12.8. The summed E-state index contributed by atoms with van der Waals surface area (Å²) >= 11 is 0. The molecule has 0 spiro atoms. The highest BCUT2D eigenvalue weighted by atomic mass is 16.1. The van der Waals surface area contributed by atoms with Crippen LogP contribution in [0.1, 0.15) is 17.5 Å². The highest BCUT2D eigenvalue weighted by Crippen LogP contribution is 1.79. The van der Waals surface area contributed by atoms with Gasteiger partial charge in [0.15, 0.2) is 0 Å². The molecule has 90 valence electrons. The molecule has 2 aromatic rings. The largest absolute Gasteiger partial charge is 0.348 e. The molecule has 0 radical (unpaired) electrons. The fourth-order valence-corrected chi connectivity index (χ4v) is 1.01. The minimum absolute atomic E-state index is 0.333. The van der Waals surface area contributed by atoms with E-state index in [0.717, 1.165) is 0 Å². The number of H-pyrrole nitrogens is 2. The standard InChI is InChI=1S/C5H7N3O.C4H5N3O/c1-3-6-4(2)8-5(9)7-3;1-3-5-2-6-4(8)7-3/h1-2H3,(H,6,7,8,9);2H,1H3,(H,5,6,7,8). The summed E-state index contributed by atoms with van der Waals surface area (Å²) in [6.45, 7) is 5.10. The predicted molar refractivity (Wildman–Crippen MR) is 59.5 cm³/mol. The van der Waals surface area contributed by atoms with E-state index in [2.05, 4.69) is 29.9 Å². The third-order valence-electron chi connectivity index (χ3n) is 1.59. The molecular formula is C9H12N6O2. The summed E-state index contributed by atoms with van der Waals surface area (Å²) in [5, 5.41) is 0. The molecular weight excluding hydrogens is 224 g/mol. The maximum Gasteiger partial charge on any atom is 0.348 e. The molecule has 0 bridgehead atoms. The third-order valence-corrected chi connectivity index (χ3v) is 1.59. The molecule has 2 heterocycles. The van der Waals surface area contributed by atoms with Gasteiger partial charge in [-0.3, -0.25) is 9.97 Å². The SMILES string of the molecule is Cc1nc(C)[nH]c(=O)n1.Cc1ncnc(=O)[nH]1. The summed E-state index contributed by atoms with van der Waals surface area (Å²) in [5.41, 5.74) is -0.683. The minimum atomic E-state index is -0.350. The lowest BCUT2D eigenvalue weighted by Gasteiger charge is -1.89. The van der Waals surface area contributed by atoms with Crippen molar-refractivity contribution in [1.82, 2.24) is 29.9 Å². The van der Waals surface area contributed by atoms with Crippen LogP contribution in [0.4, 0.5) is 0 Å². The summed E-state index contributed by atoms with van der Waals surface area (Å²) in [4.78, 5) is 40.0. The van der Waals surface area contributed by atoms with E-state index in [1.807, 2.05) is 0 Å². The van der Waals surface area contributed by atoms with Crippen molar-refractivity contribution < 1.29 is 0 Å². The van der Waals surface area contributed by atoms with E-state index in [9.17, 15) is 9.59 Å².